The van der Waals surface area contributed by atoms with Crippen LogP contribution < -0.4 is 10.1 Å². The highest BCUT2D eigenvalue weighted by molar-refractivity contribution is 6.03. The molecule has 0 bridgehead atoms. The van der Waals surface area contributed by atoms with Crippen molar-refractivity contribution in [2.24, 2.45) is 5.10 Å². The molecule has 0 radical (unpaired) electrons. The van der Waals surface area contributed by atoms with Gasteiger partial charge in [0.25, 0.3) is 0 Å². The molecule has 0 unspecified atom stereocenters. The van der Waals surface area contributed by atoms with Crippen LogP contribution in [0.1, 0.15) is 36.4 Å². The Morgan fingerprint density at radius 2 is 1.81 bits per heavy atom. The van der Waals surface area contributed by atoms with E-state index in [-0.39, 0.29) is 30.7 Å². The minimum atomic E-state index is -0.237. The molecule has 3 aromatic rings. The number of methoxy groups -OCH3 is 1. The maximum atomic E-state index is 13.1. The summed E-state index contributed by atoms with van der Waals surface area (Å²) in [5.41, 5.74) is 3.40. The van der Waals surface area contributed by atoms with Gasteiger partial charge in [0.2, 0.25) is 11.8 Å². The topological polar surface area (TPSA) is 83.9 Å². The van der Waals surface area contributed by atoms with Gasteiger partial charge in [-0.2, -0.15) is 5.10 Å². The number of pyridine rings is 1. The summed E-state index contributed by atoms with van der Waals surface area (Å²) in [7, 11) is 1.62. The average Bonchev–Trinajstić information content (AvgIpc) is 3.29. The molecule has 1 aliphatic heterocycles. The highest BCUT2D eigenvalue weighted by Crippen LogP contribution is 2.34. The molecule has 7 nitrogen and oxygen atoms in total. The Labute approximate surface area is 186 Å². The normalized spacial score (nSPS) is 15.2. The second-order valence-corrected chi connectivity index (χ2v) is 7.43. The van der Waals surface area contributed by atoms with Crippen molar-refractivity contribution in [2.75, 3.05) is 12.4 Å². The lowest BCUT2D eigenvalue weighted by atomic mass is 9.98. The van der Waals surface area contributed by atoms with Crippen LogP contribution in [-0.2, 0) is 9.59 Å². The lowest BCUT2D eigenvalue weighted by Gasteiger charge is -2.22. The summed E-state index contributed by atoms with van der Waals surface area (Å²) in [6.45, 7) is 0. The van der Waals surface area contributed by atoms with E-state index in [9.17, 15) is 9.59 Å². The van der Waals surface area contributed by atoms with Crippen molar-refractivity contribution >= 4 is 23.2 Å². The number of benzene rings is 2. The molecule has 162 valence electrons. The first-order valence-electron chi connectivity index (χ1n) is 10.4. The van der Waals surface area contributed by atoms with Gasteiger partial charge in [-0.15, -0.1) is 0 Å². The molecule has 1 aliphatic rings. The van der Waals surface area contributed by atoms with E-state index in [4.69, 9.17) is 4.74 Å². The van der Waals surface area contributed by atoms with E-state index in [1.165, 1.54) is 5.01 Å². The molecule has 2 amide bonds. The van der Waals surface area contributed by atoms with Gasteiger partial charge in [0.05, 0.1) is 30.7 Å². The lowest BCUT2D eigenvalue weighted by Crippen LogP contribution is -2.28. The third kappa shape index (κ3) is 5.00. The van der Waals surface area contributed by atoms with Gasteiger partial charge in [0, 0.05) is 25.5 Å². The summed E-state index contributed by atoms with van der Waals surface area (Å²) in [4.78, 5) is 29.3. The molecule has 4 rings (SSSR count). The zero-order valence-electron chi connectivity index (χ0n) is 17.8. The van der Waals surface area contributed by atoms with Gasteiger partial charge < -0.3 is 10.1 Å². The van der Waals surface area contributed by atoms with Gasteiger partial charge in [0.15, 0.2) is 0 Å². The number of amides is 2. The van der Waals surface area contributed by atoms with E-state index in [1.807, 2.05) is 54.6 Å². The summed E-state index contributed by atoms with van der Waals surface area (Å²) in [5, 5.41) is 8.92. The Hall–Kier alpha value is -4.00. The van der Waals surface area contributed by atoms with Gasteiger partial charge in [-0.05, 0) is 35.4 Å². The van der Waals surface area contributed by atoms with Crippen molar-refractivity contribution in [3.8, 4) is 5.75 Å². The monoisotopic (exact) mass is 428 g/mol. The zero-order valence-corrected chi connectivity index (χ0v) is 17.8. The molecule has 0 saturated carbocycles. The summed E-state index contributed by atoms with van der Waals surface area (Å²) in [6, 6.07) is 20.7. The van der Waals surface area contributed by atoms with Crippen molar-refractivity contribution in [1.82, 2.24) is 9.99 Å². The van der Waals surface area contributed by atoms with E-state index in [0.29, 0.717) is 12.1 Å². The van der Waals surface area contributed by atoms with Crippen LogP contribution in [0.15, 0.2) is 84.2 Å². The van der Waals surface area contributed by atoms with Crippen molar-refractivity contribution in [3.63, 3.8) is 0 Å². The summed E-state index contributed by atoms with van der Waals surface area (Å²) in [5.74, 6) is 0.317. The van der Waals surface area contributed by atoms with Gasteiger partial charge in [-0.1, -0.05) is 42.5 Å². The standard InChI is InChI=1S/C25H24N4O3/c1-32-21-11-9-19(10-12-21)23-16-22(18-6-3-2-4-7-18)28-29(23)25(31)14-13-24(30)27-20-8-5-15-26-17-20/h2-12,15,17,23H,13-14,16H2,1H3,(H,27,30)/t23-/m1/s1. The van der Waals surface area contributed by atoms with Crippen molar-refractivity contribution in [1.29, 1.82) is 0 Å². The number of rotatable bonds is 7. The number of hydrazone groups is 1. The maximum Gasteiger partial charge on any atom is 0.243 e. The first kappa shape index (κ1) is 21.2. The number of aromatic nitrogens is 1. The fraction of sp³-hybridized carbons (Fsp3) is 0.200. The van der Waals surface area contributed by atoms with E-state index in [0.717, 1.165) is 22.6 Å². The number of ether oxygens (including phenoxy) is 1. The predicted octanol–water partition coefficient (Wildman–Crippen LogP) is 4.19. The molecular weight excluding hydrogens is 404 g/mol. The smallest absolute Gasteiger partial charge is 0.243 e. The third-order valence-electron chi connectivity index (χ3n) is 5.28. The Morgan fingerprint density at radius 1 is 1.03 bits per heavy atom. The van der Waals surface area contributed by atoms with Crippen LogP contribution in [0.4, 0.5) is 5.69 Å². The van der Waals surface area contributed by atoms with Gasteiger partial charge in [0.1, 0.15) is 5.75 Å². The fourth-order valence-corrected chi connectivity index (χ4v) is 3.63. The highest BCUT2D eigenvalue weighted by Gasteiger charge is 2.33. The van der Waals surface area contributed by atoms with Crippen molar-refractivity contribution in [2.45, 2.75) is 25.3 Å². The molecule has 0 saturated heterocycles. The van der Waals surface area contributed by atoms with Crippen LogP contribution >= 0.6 is 0 Å². The van der Waals surface area contributed by atoms with Crippen LogP contribution in [0.5, 0.6) is 5.75 Å². The molecule has 0 spiro atoms. The lowest BCUT2D eigenvalue weighted by molar-refractivity contribution is -0.134. The minimum absolute atomic E-state index is 0.0598. The quantitative estimate of drug-likeness (QED) is 0.612. The molecule has 0 fully saturated rings. The summed E-state index contributed by atoms with van der Waals surface area (Å²) >= 11 is 0. The Balaban J connectivity index is 1.49. The Kier molecular flexibility index (Phi) is 6.55. The second-order valence-electron chi connectivity index (χ2n) is 7.43. The van der Waals surface area contributed by atoms with Crippen LogP contribution in [0.2, 0.25) is 0 Å². The maximum absolute atomic E-state index is 13.1. The van der Waals surface area contributed by atoms with E-state index < -0.39 is 0 Å². The molecule has 7 heteroatoms. The summed E-state index contributed by atoms with van der Waals surface area (Å²) < 4.78 is 5.25. The molecule has 1 N–H and O–H groups in total. The Morgan fingerprint density at radius 3 is 2.50 bits per heavy atom. The summed E-state index contributed by atoms with van der Waals surface area (Å²) in [6.07, 6.45) is 3.93. The van der Waals surface area contributed by atoms with Gasteiger partial charge in [-0.3, -0.25) is 14.6 Å². The van der Waals surface area contributed by atoms with Crippen LogP contribution in [-0.4, -0.2) is 34.6 Å². The number of anilines is 1. The molecular formula is C25H24N4O3. The van der Waals surface area contributed by atoms with Gasteiger partial charge in [-0.25, -0.2) is 5.01 Å². The zero-order chi connectivity index (χ0) is 22.3. The third-order valence-corrected chi connectivity index (χ3v) is 5.28. The molecule has 32 heavy (non-hydrogen) atoms. The van der Waals surface area contributed by atoms with Crippen LogP contribution in [0, 0.1) is 0 Å². The fourth-order valence-electron chi connectivity index (χ4n) is 3.63. The van der Waals surface area contributed by atoms with Crippen molar-refractivity contribution in [3.05, 3.63) is 90.3 Å². The van der Waals surface area contributed by atoms with E-state index >= 15 is 0 Å². The van der Waals surface area contributed by atoms with Gasteiger partial charge >= 0.3 is 0 Å². The van der Waals surface area contributed by atoms with Crippen LogP contribution in [0.3, 0.4) is 0 Å². The number of carbonyl (C=O) groups excluding carboxylic acids is 2. The van der Waals surface area contributed by atoms with Crippen LogP contribution in [0.25, 0.3) is 0 Å². The molecule has 2 aromatic carbocycles. The molecule has 2 heterocycles. The number of hydrogen-bond donors (Lipinski definition) is 1. The average molecular weight is 428 g/mol. The minimum Gasteiger partial charge on any atom is -0.497 e. The molecule has 0 aliphatic carbocycles. The first-order valence-corrected chi connectivity index (χ1v) is 10.4. The first-order chi connectivity index (χ1) is 15.6. The molecule has 1 atom stereocenters. The van der Waals surface area contributed by atoms with E-state index in [1.54, 1.807) is 31.6 Å². The largest absolute Gasteiger partial charge is 0.497 e. The van der Waals surface area contributed by atoms with E-state index in [2.05, 4.69) is 15.4 Å². The van der Waals surface area contributed by atoms with Crippen molar-refractivity contribution < 1.29 is 14.3 Å². The number of nitrogens with zero attached hydrogens (tertiary/aromatic N) is 3. The number of nitrogens with one attached hydrogen (secondary N) is 1. The Bertz CT molecular complexity index is 1100. The number of hydrogen-bond acceptors (Lipinski definition) is 5. The highest BCUT2D eigenvalue weighted by atomic mass is 16.5. The number of carbonyl (C=O) groups is 2. The SMILES string of the molecule is COc1ccc([C@H]2CC(c3ccccc3)=NN2C(=O)CCC(=O)Nc2cccnc2)cc1. The molecule has 1 aromatic heterocycles. The second kappa shape index (κ2) is 9.87. The predicted molar refractivity (Wildman–Crippen MR) is 122 cm³/mol.